The van der Waals surface area contributed by atoms with Crippen LogP contribution < -0.4 is 4.90 Å². The van der Waals surface area contributed by atoms with E-state index in [2.05, 4.69) is 236 Å². The number of anilines is 3. The molecule has 0 saturated heterocycles. The van der Waals surface area contributed by atoms with Gasteiger partial charge < -0.3 is 18.2 Å². The topological polar surface area (TPSA) is 42.7 Å². The van der Waals surface area contributed by atoms with Crippen molar-refractivity contribution in [3.8, 4) is 44.5 Å². The zero-order chi connectivity index (χ0) is 51.1. The summed E-state index contributed by atoms with van der Waals surface area (Å²) in [6.45, 7) is 19.4. The quantitative estimate of drug-likeness (QED) is 0.177. The second-order valence-corrected chi connectivity index (χ2v) is 24.3. The molecule has 4 nitrogen and oxygen atoms in total. The van der Waals surface area contributed by atoms with Gasteiger partial charge in [0, 0.05) is 76.6 Å². The number of para-hydroxylation sites is 3. The summed E-state index contributed by atoms with van der Waals surface area (Å²) >= 11 is 0. The minimum Gasteiger partial charge on any atom is -0.456 e. The van der Waals surface area contributed by atoms with Gasteiger partial charge >= 0.3 is 0 Å². The number of hydrogen-bond donors (Lipinski definition) is 0. The second kappa shape index (κ2) is 13.8. The van der Waals surface area contributed by atoms with Gasteiger partial charge in [0.15, 0.2) is 0 Å². The average molecular weight is 980 g/mol. The predicted octanol–water partition coefficient (Wildman–Crippen LogP) is 20.1. The highest BCUT2D eigenvalue weighted by molar-refractivity contribution is 6.21. The number of nitrogens with zero attached hydrogens (tertiary/aromatic N) is 1. The summed E-state index contributed by atoms with van der Waals surface area (Å²) in [6, 6.07) is 65.3. The molecule has 0 bridgehead atoms. The van der Waals surface area contributed by atoms with Crippen molar-refractivity contribution in [2.45, 2.75) is 77.0 Å². The molecule has 0 radical (unpaired) electrons. The summed E-state index contributed by atoms with van der Waals surface area (Å²) in [5, 5.41) is 6.99. The number of benzene rings is 10. The van der Waals surface area contributed by atoms with Gasteiger partial charge in [0.25, 0.3) is 0 Å². The number of fused-ring (bicyclic) bond motifs is 25. The Morgan fingerprint density at radius 3 is 1.54 bits per heavy atom. The van der Waals surface area contributed by atoms with Crippen molar-refractivity contribution in [1.29, 1.82) is 0 Å². The van der Waals surface area contributed by atoms with E-state index in [0.717, 1.165) is 61.3 Å². The first-order valence-electron chi connectivity index (χ1n) is 27.0. The Morgan fingerprint density at radius 1 is 0.289 bits per heavy atom. The fourth-order valence-corrected chi connectivity index (χ4v) is 15.4. The molecule has 0 aliphatic heterocycles. The molecule has 4 aliphatic carbocycles. The van der Waals surface area contributed by atoms with E-state index in [1.54, 1.807) is 0 Å². The normalized spacial score (nSPS) is 16.3. The van der Waals surface area contributed by atoms with Gasteiger partial charge in [0.1, 0.15) is 33.5 Å². The number of rotatable bonds is 3. The molecule has 0 spiro atoms. The average Bonchev–Trinajstić information content (AvgIpc) is 4.44. The Balaban J connectivity index is 0.872. The first kappa shape index (κ1) is 42.7. The van der Waals surface area contributed by atoms with E-state index in [-0.39, 0.29) is 21.7 Å². The molecule has 13 aromatic rings. The molecular formula is C72H53NO3. The molecule has 3 heterocycles. The van der Waals surface area contributed by atoms with E-state index in [1.807, 2.05) is 0 Å². The molecule has 0 fully saturated rings. The van der Waals surface area contributed by atoms with Gasteiger partial charge in [-0.2, -0.15) is 0 Å². The van der Waals surface area contributed by atoms with Crippen molar-refractivity contribution in [2.75, 3.05) is 4.90 Å². The van der Waals surface area contributed by atoms with Gasteiger partial charge in [-0.25, -0.2) is 0 Å². The predicted molar refractivity (Wildman–Crippen MR) is 313 cm³/mol. The van der Waals surface area contributed by atoms with Gasteiger partial charge in [-0.3, -0.25) is 0 Å². The molecule has 17 rings (SSSR count). The van der Waals surface area contributed by atoms with E-state index in [4.69, 9.17) is 13.3 Å². The van der Waals surface area contributed by atoms with Crippen molar-refractivity contribution in [3.05, 3.63) is 220 Å². The molecule has 0 unspecified atom stereocenters. The lowest BCUT2D eigenvalue weighted by Crippen LogP contribution is -2.24. The molecule has 0 N–H and O–H groups in total. The second-order valence-electron chi connectivity index (χ2n) is 24.3. The van der Waals surface area contributed by atoms with Crippen molar-refractivity contribution in [2.24, 2.45) is 0 Å². The molecule has 4 heteroatoms. The summed E-state index contributed by atoms with van der Waals surface area (Å²) in [5.41, 5.74) is 29.0. The Bertz CT molecular complexity index is 4830. The Morgan fingerprint density at radius 2 is 0.776 bits per heavy atom. The lowest BCUT2D eigenvalue weighted by Gasteiger charge is -2.32. The zero-order valence-corrected chi connectivity index (χ0v) is 43.9. The molecule has 364 valence electrons. The molecule has 76 heavy (non-hydrogen) atoms. The van der Waals surface area contributed by atoms with Crippen molar-refractivity contribution >= 4 is 82.9 Å². The maximum atomic E-state index is 7.09. The highest BCUT2D eigenvalue weighted by Crippen LogP contribution is 2.64. The number of hydrogen-bond acceptors (Lipinski definition) is 4. The van der Waals surface area contributed by atoms with Crippen LogP contribution in [0.15, 0.2) is 189 Å². The van der Waals surface area contributed by atoms with Crippen LogP contribution in [0.3, 0.4) is 0 Å². The minimum atomic E-state index is -0.365. The molecular weight excluding hydrogens is 927 g/mol. The van der Waals surface area contributed by atoms with E-state index in [0.29, 0.717) is 0 Å². The first-order valence-corrected chi connectivity index (χ1v) is 27.0. The maximum absolute atomic E-state index is 7.09. The van der Waals surface area contributed by atoms with Crippen LogP contribution >= 0.6 is 0 Å². The third-order valence-electron chi connectivity index (χ3n) is 19.0. The van der Waals surface area contributed by atoms with Crippen LogP contribution in [0.1, 0.15) is 99.9 Å². The van der Waals surface area contributed by atoms with Crippen LogP contribution in [-0.4, -0.2) is 0 Å². The summed E-state index contributed by atoms with van der Waals surface area (Å²) in [6.07, 6.45) is 0. The van der Waals surface area contributed by atoms with Gasteiger partial charge in [-0.15, -0.1) is 0 Å². The van der Waals surface area contributed by atoms with E-state index < -0.39 is 0 Å². The number of furan rings is 3. The van der Waals surface area contributed by atoms with E-state index in [9.17, 15) is 0 Å². The lowest BCUT2D eigenvalue weighted by atomic mass is 9.72. The van der Waals surface area contributed by atoms with Crippen LogP contribution in [0.5, 0.6) is 0 Å². The summed E-state index contributed by atoms with van der Waals surface area (Å²) in [7, 11) is 0. The van der Waals surface area contributed by atoms with Crippen molar-refractivity contribution in [1.82, 2.24) is 0 Å². The van der Waals surface area contributed by atoms with Crippen molar-refractivity contribution in [3.63, 3.8) is 0 Å². The first-order chi connectivity index (χ1) is 36.7. The molecule has 10 aromatic carbocycles. The van der Waals surface area contributed by atoms with Crippen LogP contribution in [0.25, 0.3) is 110 Å². The summed E-state index contributed by atoms with van der Waals surface area (Å²) in [5.74, 6) is 0. The van der Waals surface area contributed by atoms with Gasteiger partial charge in [-0.1, -0.05) is 152 Å². The molecule has 0 atom stereocenters. The SMILES string of the molecule is CC1(C)c2cc(N(c3ccc4c(c3)C(C)(C)c3c5c(c6c(oc7ccccc76)c3-4)-c3ccccc3C5(C)C)c3ccc4oc5ccccc5c4c3)ccc2-c2cc3c(cc21)-c1c(ccc2oc4ccccc4c12)C3(C)C. The monoisotopic (exact) mass is 979 g/mol. The summed E-state index contributed by atoms with van der Waals surface area (Å²) in [4.78, 5) is 2.49. The van der Waals surface area contributed by atoms with E-state index in [1.165, 1.54) is 111 Å². The van der Waals surface area contributed by atoms with Gasteiger partial charge in [-0.05, 0) is 162 Å². The largest absolute Gasteiger partial charge is 0.456 e. The third-order valence-corrected chi connectivity index (χ3v) is 19.0. The maximum Gasteiger partial charge on any atom is 0.144 e. The molecule has 3 aromatic heterocycles. The highest BCUT2D eigenvalue weighted by atomic mass is 16.3. The Kier molecular flexibility index (Phi) is 7.76. The fraction of sp³-hybridized carbons (Fsp3) is 0.167. The Labute approximate surface area is 440 Å². The zero-order valence-electron chi connectivity index (χ0n) is 43.9. The van der Waals surface area contributed by atoms with Crippen molar-refractivity contribution < 1.29 is 13.3 Å². The molecule has 4 aliphatic rings. The molecule has 0 saturated carbocycles. The van der Waals surface area contributed by atoms with Gasteiger partial charge in [0.05, 0.1) is 0 Å². The lowest BCUT2D eigenvalue weighted by molar-refractivity contribution is 0.600. The fourth-order valence-electron chi connectivity index (χ4n) is 15.4. The molecule has 0 amide bonds. The van der Waals surface area contributed by atoms with Crippen LogP contribution in [0, 0.1) is 0 Å². The van der Waals surface area contributed by atoms with Crippen LogP contribution in [0.2, 0.25) is 0 Å². The smallest absolute Gasteiger partial charge is 0.144 e. The van der Waals surface area contributed by atoms with E-state index >= 15 is 0 Å². The van der Waals surface area contributed by atoms with Gasteiger partial charge in [0.2, 0.25) is 0 Å². The highest BCUT2D eigenvalue weighted by Gasteiger charge is 2.49. The standard InChI is InChI=1S/C72H53NO3/c1-69(2)51-30-32-60-62(45-19-11-15-23-57(45)75-60)61(51)49-37-54-47(36-55(49)69)41-28-25-39(34-52(41)70(54,3)4)73(38-27-31-59-48(33-38)42-17-10-14-22-56(42)74-59)40-26-29-44-53(35-40)72(7,8)67-65(44)68-64(46-20-12-16-24-58(46)76-68)63-43-18-9-13-21-50(43)71(5,6)66(63)67/h9-37H,1-8H3. The van der Waals surface area contributed by atoms with Crippen LogP contribution in [-0.2, 0) is 21.7 Å². The minimum absolute atomic E-state index is 0.192. The van der Waals surface area contributed by atoms with Crippen LogP contribution in [0.4, 0.5) is 17.1 Å². The Hall–Kier alpha value is -8.60. The summed E-state index contributed by atoms with van der Waals surface area (Å²) < 4.78 is 20.0. The third kappa shape index (κ3) is 5.07.